The topological polar surface area (TPSA) is 34.9 Å². The third kappa shape index (κ3) is 2.11. The Labute approximate surface area is 90.5 Å². The Morgan fingerprint density at radius 3 is 2.87 bits per heavy atom. The number of hydrogen-bond donors (Lipinski definition) is 0. The van der Waals surface area contributed by atoms with Crippen LogP contribution in [0.15, 0.2) is 12.3 Å². The van der Waals surface area contributed by atoms with E-state index in [1.54, 1.807) is 10.9 Å². The van der Waals surface area contributed by atoms with Gasteiger partial charge in [0.15, 0.2) is 5.78 Å². The van der Waals surface area contributed by atoms with E-state index in [1.165, 1.54) is 19.3 Å². The smallest absolute Gasteiger partial charge is 0.183 e. The molecule has 0 atom stereocenters. The lowest BCUT2D eigenvalue weighted by atomic mass is 9.85. The van der Waals surface area contributed by atoms with Gasteiger partial charge in [-0.1, -0.05) is 19.3 Å². The van der Waals surface area contributed by atoms with E-state index >= 15 is 0 Å². The Kier molecular flexibility index (Phi) is 3.19. The molecule has 0 N–H and O–H groups in total. The molecular weight excluding hydrogens is 188 g/mol. The van der Waals surface area contributed by atoms with E-state index in [0.717, 1.165) is 25.1 Å². The average Bonchev–Trinajstić information content (AvgIpc) is 2.77. The number of aryl methyl sites for hydroxylation is 1. The Morgan fingerprint density at radius 2 is 2.20 bits per heavy atom. The van der Waals surface area contributed by atoms with Crippen molar-refractivity contribution in [1.29, 1.82) is 0 Å². The summed E-state index contributed by atoms with van der Waals surface area (Å²) >= 11 is 0. The summed E-state index contributed by atoms with van der Waals surface area (Å²) < 4.78 is 1.80. The monoisotopic (exact) mass is 206 g/mol. The SMILES string of the molecule is CCn1nccc1C(=O)C1CCCCC1. The normalized spacial score (nSPS) is 17.9. The van der Waals surface area contributed by atoms with Crippen LogP contribution in [0.5, 0.6) is 0 Å². The van der Waals surface area contributed by atoms with Crippen molar-refractivity contribution in [3.05, 3.63) is 18.0 Å². The fourth-order valence-corrected chi connectivity index (χ4v) is 2.37. The minimum atomic E-state index is 0.251. The number of carbonyl (C=O) groups is 1. The van der Waals surface area contributed by atoms with Gasteiger partial charge in [-0.3, -0.25) is 9.48 Å². The van der Waals surface area contributed by atoms with E-state index in [1.807, 2.05) is 13.0 Å². The zero-order valence-electron chi connectivity index (χ0n) is 9.28. The fraction of sp³-hybridized carbons (Fsp3) is 0.667. The molecule has 2 rings (SSSR count). The molecule has 1 aromatic heterocycles. The van der Waals surface area contributed by atoms with Crippen molar-refractivity contribution in [2.75, 3.05) is 0 Å². The largest absolute Gasteiger partial charge is 0.292 e. The molecule has 82 valence electrons. The molecule has 0 aliphatic heterocycles. The van der Waals surface area contributed by atoms with Crippen molar-refractivity contribution in [1.82, 2.24) is 9.78 Å². The Bertz CT molecular complexity index is 337. The van der Waals surface area contributed by atoms with Gasteiger partial charge in [0.2, 0.25) is 0 Å². The lowest BCUT2D eigenvalue weighted by Gasteiger charge is -2.20. The molecule has 1 saturated carbocycles. The first-order valence-corrected chi connectivity index (χ1v) is 5.89. The zero-order chi connectivity index (χ0) is 10.7. The molecule has 3 heteroatoms. The molecule has 0 bridgehead atoms. The first-order chi connectivity index (χ1) is 7.33. The first kappa shape index (κ1) is 10.4. The molecule has 0 unspecified atom stereocenters. The quantitative estimate of drug-likeness (QED) is 0.713. The maximum absolute atomic E-state index is 12.2. The summed E-state index contributed by atoms with van der Waals surface area (Å²) in [5.74, 6) is 0.551. The van der Waals surface area contributed by atoms with Gasteiger partial charge in [-0.2, -0.15) is 5.10 Å². The average molecular weight is 206 g/mol. The van der Waals surface area contributed by atoms with Gasteiger partial charge in [0.05, 0.1) is 0 Å². The van der Waals surface area contributed by atoms with Gasteiger partial charge in [-0.15, -0.1) is 0 Å². The maximum atomic E-state index is 12.2. The van der Waals surface area contributed by atoms with Crippen LogP contribution in [-0.4, -0.2) is 15.6 Å². The van der Waals surface area contributed by atoms with Crippen LogP contribution in [0.25, 0.3) is 0 Å². The number of rotatable bonds is 3. The number of aromatic nitrogens is 2. The van der Waals surface area contributed by atoms with Crippen LogP contribution < -0.4 is 0 Å². The van der Waals surface area contributed by atoms with Gasteiger partial charge in [0, 0.05) is 18.7 Å². The van der Waals surface area contributed by atoms with E-state index < -0.39 is 0 Å². The van der Waals surface area contributed by atoms with Gasteiger partial charge < -0.3 is 0 Å². The van der Waals surface area contributed by atoms with Gasteiger partial charge in [-0.05, 0) is 25.8 Å². The molecule has 15 heavy (non-hydrogen) atoms. The number of hydrogen-bond acceptors (Lipinski definition) is 2. The molecule has 0 spiro atoms. The highest BCUT2D eigenvalue weighted by Crippen LogP contribution is 2.26. The van der Waals surface area contributed by atoms with E-state index in [4.69, 9.17) is 0 Å². The van der Waals surface area contributed by atoms with Crippen LogP contribution in [-0.2, 0) is 6.54 Å². The molecule has 1 heterocycles. The van der Waals surface area contributed by atoms with E-state index in [2.05, 4.69) is 5.10 Å². The predicted octanol–water partition coefficient (Wildman–Crippen LogP) is 2.67. The summed E-state index contributed by atoms with van der Waals surface area (Å²) in [6.45, 7) is 2.80. The highest BCUT2D eigenvalue weighted by atomic mass is 16.1. The van der Waals surface area contributed by atoms with Crippen molar-refractivity contribution in [2.45, 2.75) is 45.6 Å². The molecule has 0 radical (unpaired) electrons. The van der Waals surface area contributed by atoms with Crippen molar-refractivity contribution in [3.63, 3.8) is 0 Å². The molecule has 0 amide bonds. The number of nitrogens with zero attached hydrogens (tertiary/aromatic N) is 2. The Hall–Kier alpha value is -1.12. The minimum Gasteiger partial charge on any atom is -0.292 e. The summed E-state index contributed by atoms with van der Waals surface area (Å²) in [5, 5.41) is 4.15. The molecule has 1 aliphatic carbocycles. The van der Waals surface area contributed by atoms with Crippen LogP contribution in [0.3, 0.4) is 0 Å². The Morgan fingerprint density at radius 1 is 1.47 bits per heavy atom. The van der Waals surface area contributed by atoms with Crippen LogP contribution in [0.2, 0.25) is 0 Å². The maximum Gasteiger partial charge on any atom is 0.183 e. The lowest BCUT2D eigenvalue weighted by molar-refractivity contribution is 0.0878. The van der Waals surface area contributed by atoms with Gasteiger partial charge in [-0.25, -0.2) is 0 Å². The molecule has 1 aliphatic rings. The molecule has 0 aromatic carbocycles. The number of Topliss-reactive ketones (excluding diaryl/α,β-unsaturated/α-hetero) is 1. The second-order valence-corrected chi connectivity index (χ2v) is 4.23. The number of ketones is 1. The Balaban J connectivity index is 2.12. The molecule has 1 aromatic rings. The molecule has 0 saturated heterocycles. The summed E-state index contributed by atoms with van der Waals surface area (Å²) in [7, 11) is 0. The summed E-state index contributed by atoms with van der Waals surface area (Å²) in [6.07, 6.45) is 7.55. The van der Waals surface area contributed by atoms with Gasteiger partial charge >= 0.3 is 0 Å². The van der Waals surface area contributed by atoms with Crippen molar-refractivity contribution >= 4 is 5.78 Å². The van der Waals surface area contributed by atoms with E-state index in [0.29, 0.717) is 5.78 Å². The molecule has 3 nitrogen and oxygen atoms in total. The molecule has 1 fully saturated rings. The van der Waals surface area contributed by atoms with Gasteiger partial charge in [0.1, 0.15) is 5.69 Å². The lowest BCUT2D eigenvalue weighted by Crippen LogP contribution is -2.21. The highest BCUT2D eigenvalue weighted by Gasteiger charge is 2.24. The summed E-state index contributed by atoms with van der Waals surface area (Å²) in [5.41, 5.74) is 0.796. The highest BCUT2D eigenvalue weighted by molar-refractivity contribution is 5.96. The minimum absolute atomic E-state index is 0.251. The summed E-state index contributed by atoms with van der Waals surface area (Å²) in [4.78, 5) is 12.2. The fourth-order valence-electron chi connectivity index (χ4n) is 2.37. The van der Waals surface area contributed by atoms with Gasteiger partial charge in [0.25, 0.3) is 0 Å². The predicted molar refractivity (Wildman–Crippen MR) is 58.8 cm³/mol. The zero-order valence-corrected chi connectivity index (χ0v) is 9.28. The van der Waals surface area contributed by atoms with Crippen molar-refractivity contribution < 1.29 is 4.79 Å². The van der Waals surface area contributed by atoms with Crippen molar-refractivity contribution in [2.24, 2.45) is 5.92 Å². The van der Waals surface area contributed by atoms with Crippen LogP contribution in [0.1, 0.15) is 49.5 Å². The second kappa shape index (κ2) is 4.60. The van der Waals surface area contributed by atoms with Crippen LogP contribution >= 0.6 is 0 Å². The van der Waals surface area contributed by atoms with E-state index in [9.17, 15) is 4.79 Å². The third-order valence-electron chi connectivity index (χ3n) is 3.24. The molecular formula is C12H18N2O. The van der Waals surface area contributed by atoms with Crippen LogP contribution in [0, 0.1) is 5.92 Å². The van der Waals surface area contributed by atoms with E-state index in [-0.39, 0.29) is 5.92 Å². The second-order valence-electron chi connectivity index (χ2n) is 4.23. The first-order valence-electron chi connectivity index (χ1n) is 5.89. The summed E-state index contributed by atoms with van der Waals surface area (Å²) in [6, 6.07) is 1.85. The van der Waals surface area contributed by atoms with Crippen LogP contribution in [0.4, 0.5) is 0 Å². The third-order valence-corrected chi connectivity index (χ3v) is 3.24. The standard InChI is InChI=1S/C12H18N2O/c1-2-14-11(8-9-13-14)12(15)10-6-4-3-5-7-10/h8-10H,2-7H2,1H3. The van der Waals surface area contributed by atoms with Crippen molar-refractivity contribution in [3.8, 4) is 0 Å². The number of carbonyl (C=O) groups excluding carboxylic acids is 1.